The van der Waals surface area contributed by atoms with Gasteiger partial charge in [-0.05, 0) is 69.4 Å². The fourth-order valence-electron chi connectivity index (χ4n) is 8.01. The number of halogens is 3. The minimum Gasteiger partial charge on any atom is -0.478 e. The Morgan fingerprint density at radius 2 is 1.21 bits per heavy atom. The molecule has 0 atom stereocenters. The highest BCUT2D eigenvalue weighted by molar-refractivity contribution is 14.1. The summed E-state index contributed by atoms with van der Waals surface area (Å²) in [7, 11) is 2.08. The van der Waals surface area contributed by atoms with Crippen molar-refractivity contribution in [2.75, 3.05) is 106 Å². The summed E-state index contributed by atoms with van der Waals surface area (Å²) < 4.78 is 16.9. The number of fused-ring (bicyclic) bond motifs is 2. The number of hydrogen-bond acceptors (Lipinski definition) is 15. The Balaban J connectivity index is 0.834. The highest BCUT2D eigenvalue weighted by Crippen LogP contribution is 2.32. The first-order chi connectivity index (χ1) is 32.9. The average Bonchev–Trinajstić information content (AvgIpc) is 3.33. The minimum atomic E-state index is -0.491. The first-order valence-electron chi connectivity index (χ1n) is 22.3. The number of rotatable bonds is 17. The lowest BCUT2D eigenvalue weighted by Crippen LogP contribution is -2.45. The van der Waals surface area contributed by atoms with Crippen molar-refractivity contribution in [2.45, 2.75) is 26.9 Å². The predicted octanol–water partition coefficient (Wildman–Crippen LogP) is 5.25. The number of nitrogens with zero attached hydrogens (tertiary/aromatic N) is 9. The number of benzene rings is 2. The number of aryl methyl sites for hydroxylation is 2. The Morgan fingerprint density at radius 1 is 0.676 bits per heavy atom. The molecule has 0 bridgehead atoms. The van der Waals surface area contributed by atoms with Crippen molar-refractivity contribution in [1.82, 2.24) is 42.7 Å². The van der Waals surface area contributed by atoms with Crippen molar-refractivity contribution in [1.29, 1.82) is 0 Å². The van der Waals surface area contributed by atoms with Crippen molar-refractivity contribution in [3.8, 4) is 11.5 Å². The molecule has 4 aromatic heterocycles. The summed E-state index contributed by atoms with van der Waals surface area (Å²) in [6.45, 7) is 10.8. The number of carbonyl (C=O) groups excluding carboxylic acids is 2. The molecule has 0 spiro atoms. The zero-order chi connectivity index (χ0) is 47.9. The van der Waals surface area contributed by atoms with Crippen LogP contribution >= 0.6 is 46.1 Å². The lowest BCUT2D eigenvalue weighted by atomic mass is 10.1. The molecule has 0 aliphatic carbocycles. The molecule has 0 saturated carbocycles. The average molecular weight is 1080 g/mol. The highest BCUT2D eigenvalue weighted by Gasteiger charge is 2.21. The van der Waals surface area contributed by atoms with Crippen LogP contribution in [-0.4, -0.2) is 130 Å². The van der Waals surface area contributed by atoms with E-state index in [-0.39, 0.29) is 35.7 Å². The van der Waals surface area contributed by atoms with Gasteiger partial charge in [-0.3, -0.25) is 19.2 Å². The summed E-state index contributed by atoms with van der Waals surface area (Å²) in [6, 6.07) is 16.3. The number of pyridine rings is 3. The third-order valence-corrected chi connectivity index (χ3v) is 13.2. The third kappa shape index (κ3) is 11.5. The number of likely N-dealkylation sites (N-methyl/N-ethyl adjacent to an activating group) is 1. The second-order valence-corrected chi connectivity index (χ2v) is 18.4. The molecular weight excluding hydrogens is 1030 g/mol. The Morgan fingerprint density at radius 3 is 1.76 bits per heavy atom. The summed E-state index contributed by atoms with van der Waals surface area (Å²) >= 11 is 15.4. The fraction of sp³-hybridized carbons (Fsp3) is 0.370. The van der Waals surface area contributed by atoms with Gasteiger partial charge >= 0.3 is 0 Å². The van der Waals surface area contributed by atoms with E-state index >= 15 is 0 Å². The molecule has 22 heteroatoms. The smallest absolute Gasteiger partial charge is 0.293 e. The molecule has 8 rings (SSSR count). The predicted molar refractivity (Wildman–Crippen MR) is 275 cm³/mol. The van der Waals surface area contributed by atoms with Gasteiger partial charge in [-0.25, -0.2) is 13.1 Å². The van der Waals surface area contributed by atoms with Gasteiger partial charge in [0.25, 0.3) is 22.9 Å². The normalized spacial score (nSPS) is 14.6. The van der Waals surface area contributed by atoms with Gasteiger partial charge in [-0.2, -0.15) is 4.98 Å². The van der Waals surface area contributed by atoms with Crippen LogP contribution in [0.25, 0.3) is 21.8 Å². The second-order valence-electron chi connectivity index (χ2n) is 16.3. The van der Waals surface area contributed by atoms with Crippen molar-refractivity contribution < 1.29 is 19.1 Å². The number of amides is 2. The largest absolute Gasteiger partial charge is 0.478 e. The summed E-state index contributed by atoms with van der Waals surface area (Å²) in [4.78, 5) is 72.7. The Labute approximate surface area is 416 Å². The summed E-state index contributed by atoms with van der Waals surface area (Å²) in [6.07, 6.45) is 3.22. The Kier molecular flexibility index (Phi) is 15.7. The van der Waals surface area contributed by atoms with E-state index in [0.717, 1.165) is 69.2 Å². The molecule has 0 radical (unpaired) electrons. The summed E-state index contributed by atoms with van der Waals surface area (Å²) in [5.74, 6) is 0.918. The van der Waals surface area contributed by atoms with Gasteiger partial charge in [0, 0.05) is 130 Å². The van der Waals surface area contributed by atoms with E-state index in [4.69, 9.17) is 37.7 Å². The van der Waals surface area contributed by atoms with Gasteiger partial charge in [0.15, 0.2) is 30.5 Å². The SMILES string of the molecule is CCn1c(=O)c(OCC(=O)NCCNC(=O)COc2cc3cc(Nc4nc(N5CCN(C)CC5)ncc4Cl)ccc3n(CC)c2=O)cc2cc(Nc3cc(N4CCN(I)CC4)ncc3Cl)ccc21. The van der Waals surface area contributed by atoms with Crippen LogP contribution < -0.4 is 51.7 Å². The van der Waals surface area contributed by atoms with Crippen LogP contribution in [0.2, 0.25) is 10.0 Å². The van der Waals surface area contributed by atoms with Crippen LogP contribution in [0.3, 0.4) is 0 Å². The summed E-state index contributed by atoms with van der Waals surface area (Å²) in [5.41, 5.74) is 2.76. The number of piperazine rings is 2. The second kappa shape index (κ2) is 22.0. The summed E-state index contributed by atoms with van der Waals surface area (Å²) in [5, 5.41) is 14.3. The maximum atomic E-state index is 13.4. The molecule has 6 heterocycles. The number of hydrogen-bond donors (Lipinski definition) is 4. The lowest BCUT2D eigenvalue weighted by molar-refractivity contribution is -0.124. The van der Waals surface area contributed by atoms with Crippen LogP contribution in [0.5, 0.6) is 11.5 Å². The monoisotopic (exact) mass is 1080 g/mol. The molecule has 2 amide bonds. The molecular formula is C46H52Cl2IN13O6. The number of carbonyl (C=O) groups is 2. The van der Waals surface area contributed by atoms with Crippen LogP contribution in [0.15, 0.2) is 76.6 Å². The number of ether oxygens (including phenoxy) is 2. The maximum absolute atomic E-state index is 13.4. The molecule has 6 aromatic rings. The Hall–Kier alpha value is -5.94. The Bertz CT molecular complexity index is 2740. The van der Waals surface area contributed by atoms with Gasteiger partial charge in [0.2, 0.25) is 5.95 Å². The topological polar surface area (TPSA) is 196 Å². The van der Waals surface area contributed by atoms with Crippen LogP contribution in [0.4, 0.5) is 34.6 Å². The van der Waals surface area contributed by atoms with E-state index in [1.807, 2.05) is 56.3 Å². The first kappa shape index (κ1) is 48.5. The van der Waals surface area contributed by atoms with Crippen LogP contribution in [-0.2, 0) is 22.7 Å². The van der Waals surface area contributed by atoms with E-state index in [0.29, 0.717) is 62.7 Å². The molecule has 2 fully saturated rings. The zero-order valence-corrected chi connectivity index (χ0v) is 41.5. The molecule has 358 valence electrons. The molecule has 2 aromatic carbocycles. The van der Waals surface area contributed by atoms with Crippen LogP contribution in [0.1, 0.15) is 13.8 Å². The molecule has 2 aliphatic heterocycles. The molecule has 2 saturated heterocycles. The van der Waals surface area contributed by atoms with E-state index in [9.17, 15) is 19.2 Å². The van der Waals surface area contributed by atoms with Gasteiger partial charge in [-0.1, -0.05) is 23.2 Å². The molecule has 0 unspecified atom stereocenters. The van der Waals surface area contributed by atoms with Gasteiger partial charge in [0.1, 0.15) is 10.8 Å². The third-order valence-electron chi connectivity index (χ3n) is 11.7. The number of nitrogens with one attached hydrogen (secondary N) is 4. The van der Waals surface area contributed by atoms with Crippen molar-refractivity contribution in [2.24, 2.45) is 0 Å². The molecule has 4 N–H and O–H groups in total. The van der Waals surface area contributed by atoms with E-state index < -0.39 is 25.0 Å². The standard InChI is InChI=1S/C46H52Cl2IN13O6/c1-4-61-36-8-6-31(54-35-24-40(52-25-33(35)47)58-16-18-60(49)19-17-58)20-29(36)22-38(44(61)65)67-27-41(63)50-10-11-51-42(64)28-68-39-23-30-21-32(7-9-37(30)62(5-2)45(39)66)55-43-34(48)26-53-46(56-43)59-14-12-57(3)13-15-59/h6-9,20-26H,4-5,10-19,27-28H2,1-3H3,(H,50,63)(H,51,64)(H,52,54)(H,53,55,56). The van der Waals surface area contributed by atoms with Gasteiger partial charge in [0.05, 0.1) is 34.1 Å². The molecule has 2 aliphatic rings. The first-order valence-corrected chi connectivity index (χ1v) is 24.0. The van der Waals surface area contributed by atoms with Crippen LogP contribution in [0, 0.1) is 0 Å². The maximum Gasteiger partial charge on any atom is 0.293 e. The molecule has 68 heavy (non-hydrogen) atoms. The van der Waals surface area contributed by atoms with E-state index in [2.05, 4.69) is 79.0 Å². The van der Waals surface area contributed by atoms with E-state index in [1.54, 1.807) is 33.7 Å². The van der Waals surface area contributed by atoms with Crippen molar-refractivity contribution in [3.05, 3.63) is 97.7 Å². The quantitative estimate of drug-likeness (QED) is 0.0525. The van der Waals surface area contributed by atoms with Gasteiger partial charge < -0.3 is 54.6 Å². The highest BCUT2D eigenvalue weighted by atomic mass is 127. The minimum absolute atomic E-state index is 0.00563. The van der Waals surface area contributed by atoms with Crippen molar-refractivity contribution in [3.63, 3.8) is 0 Å². The van der Waals surface area contributed by atoms with Gasteiger partial charge in [-0.15, -0.1) is 0 Å². The lowest BCUT2D eigenvalue weighted by Gasteiger charge is -2.32. The number of anilines is 6. The van der Waals surface area contributed by atoms with E-state index in [1.165, 1.54) is 0 Å². The fourth-order valence-corrected chi connectivity index (χ4v) is 8.73. The molecule has 19 nitrogen and oxygen atoms in total. The number of aromatic nitrogens is 5. The zero-order valence-electron chi connectivity index (χ0n) is 37.9. The van der Waals surface area contributed by atoms with Crippen molar-refractivity contribution >= 4 is 114 Å².